The number of aromatic nitrogens is 1. The van der Waals surface area contributed by atoms with E-state index in [1.807, 2.05) is 73.7 Å². The summed E-state index contributed by atoms with van der Waals surface area (Å²) in [5.74, 6) is 2.79. The minimum absolute atomic E-state index is 0.158. The first-order chi connectivity index (χ1) is 12.8. The first-order valence-electron chi connectivity index (χ1n) is 8.42. The van der Waals surface area contributed by atoms with Gasteiger partial charge in [0.05, 0.1) is 12.6 Å². The average Bonchev–Trinajstić information content (AvgIpc) is 3.14. The predicted octanol–water partition coefficient (Wildman–Crippen LogP) is 5.04. The van der Waals surface area contributed by atoms with Gasteiger partial charge in [0, 0.05) is 5.69 Å². The number of hydrogen-bond acceptors (Lipinski definition) is 5. The van der Waals surface area contributed by atoms with Gasteiger partial charge >= 0.3 is 0 Å². The maximum Gasteiger partial charge on any atom is 0.235 e. The summed E-state index contributed by atoms with van der Waals surface area (Å²) in [6, 6.07) is 21.3. The fraction of sp³-hybridized carbons (Fsp3) is 0.143. The van der Waals surface area contributed by atoms with Crippen LogP contribution in [-0.4, -0.2) is 10.9 Å². The van der Waals surface area contributed by atoms with E-state index in [1.54, 1.807) is 6.20 Å². The van der Waals surface area contributed by atoms with Crippen LogP contribution in [0.5, 0.6) is 17.2 Å². The van der Waals surface area contributed by atoms with Crippen LogP contribution in [0.2, 0.25) is 0 Å². The molecule has 0 aliphatic carbocycles. The quantitative estimate of drug-likeness (QED) is 0.664. The van der Waals surface area contributed by atoms with Crippen molar-refractivity contribution >= 4 is 5.90 Å². The molecule has 0 saturated heterocycles. The Hall–Kier alpha value is -3.34. The highest BCUT2D eigenvalue weighted by Gasteiger charge is 2.24. The van der Waals surface area contributed by atoms with Gasteiger partial charge in [-0.15, -0.1) is 0 Å². The van der Waals surface area contributed by atoms with Gasteiger partial charge in [0.1, 0.15) is 17.2 Å². The summed E-state index contributed by atoms with van der Waals surface area (Å²) in [5.41, 5.74) is 1.97. The lowest BCUT2D eigenvalue weighted by Crippen LogP contribution is -2.07. The van der Waals surface area contributed by atoms with Gasteiger partial charge in [0.25, 0.3) is 0 Å². The number of pyridine rings is 1. The van der Waals surface area contributed by atoms with Crippen molar-refractivity contribution in [1.29, 1.82) is 0 Å². The third-order valence-electron chi connectivity index (χ3n) is 3.99. The lowest BCUT2D eigenvalue weighted by atomic mass is 10.1. The number of para-hydroxylation sites is 1. The zero-order chi connectivity index (χ0) is 17.8. The molecule has 0 bridgehead atoms. The lowest BCUT2D eigenvalue weighted by Gasteiger charge is -2.10. The molecule has 0 N–H and O–H groups in total. The molecule has 5 nitrogen and oxygen atoms in total. The van der Waals surface area contributed by atoms with Crippen LogP contribution in [-0.2, 0) is 4.84 Å². The van der Waals surface area contributed by atoms with Crippen LogP contribution in [0.4, 0.5) is 0 Å². The first kappa shape index (κ1) is 16.1. The van der Waals surface area contributed by atoms with Gasteiger partial charge in [-0.3, -0.25) is 4.98 Å². The van der Waals surface area contributed by atoms with Crippen LogP contribution >= 0.6 is 0 Å². The predicted molar refractivity (Wildman–Crippen MR) is 98.4 cm³/mol. The van der Waals surface area contributed by atoms with Gasteiger partial charge in [0.2, 0.25) is 5.90 Å². The maximum absolute atomic E-state index is 5.80. The minimum Gasteiger partial charge on any atom is -0.457 e. The van der Waals surface area contributed by atoms with E-state index in [4.69, 9.17) is 14.3 Å². The van der Waals surface area contributed by atoms with Crippen molar-refractivity contribution in [3.05, 3.63) is 84.2 Å². The number of benzene rings is 2. The van der Waals surface area contributed by atoms with E-state index >= 15 is 0 Å². The van der Waals surface area contributed by atoms with Crippen molar-refractivity contribution in [3.8, 4) is 17.2 Å². The summed E-state index contributed by atoms with van der Waals surface area (Å²) >= 11 is 0. The van der Waals surface area contributed by atoms with Crippen molar-refractivity contribution < 1.29 is 14.3 Å². The summed E-state index contributed by atoms with van der Waals surface area (Å²) in [6.07, 6.45) is 2.10. The molecular formula is C21H18N2O3. The molecule has 0 unspecified atom stereocenters. The standard InChI is InChI=1S/C21H18N2O3/c1-15-7-10-19(14-22-15)25-21-13-20(26-23-21)16-8-11-18(12-9-16)24-17-5-3-2-4-6-17/h2-12,14,20H,13H2,1H3/t20-/m0/s1. The SMILES string of the molecule is Cc1ccc(OC2=NO[C@H](c3ccc(Oc4ccccc4)cc3)C2)cn1. The monoisotopic (exact) mass is 346 g/mol. The summed E-state index contributed by atoms with van der Waals surface area (Å²) < 4.78 is 11.5. The van der Waals surface area contributed by atoms with E-state index in [1.165, 1.54) is 0 Å². The number of nitrogens with zero attached hydrogens (tertiary/aromatic N) is 2. The zero-order valence-corrected chi connectivity index (χ0v) is 14.3. The van der Waals surface area contributed by atoms with Crippen LogP contribution in [0.1, 0.15) is 23.8 Å². The number of rotatable bonds is 4. The Balaban J connectivity index is 1.36. The van der Waals surface area contributed by atoms with E-state index in [0.717, 1.165) is 22.8 Å². The largest absolute Gasteiger partial charge is 0.457 e. The molecule has 3 aromatic rings. The number of oxime groups is 1. The van der Waals surface area contributed by atoms with Crippen LogP contribution in [0, 0.1) is 6.92 Å². The second-order valence-electron chi connectivity index (χ2n) is 6.00. The van der Waals surface area contributed by atoms with E-state index in [2.05, 4.69) is 10.1 Å². The molecule has 2 aromatic carbocycles. The summed E-state index contributed by atoms with van der Waals surface area (Å²) in [7, 11) is 0. The molecule has 1 aromatic heterocycles. The molecule has 0 saturated carbocycles. The molecule has 1 atom stereocenters. The van der Waals surface area contributed by atoms with Crippen LogP contribution in [0.25, 0.3) is 0 Å². The smallest absolute Gasteiger partial charge is 0.235 e. The normalized spacial score (nSPS) is 15.9. The van der Waals surface area contributed by atoms with Crippen molar-refractivity contribution in [2.45, 2.75) is 19.4 Å². The maximum atomic E-state index is 5.80. The molecule has 0 radical (unpaired) electrons. The van der Waals surface area contributed by atoms with Gasteiger partial charge in [-0.25, -0.2) is 0 Å². The lowest BCUT2D eigenvalue weighted by molar-refractivity contribution is 0.0855. The summed E-state index contributed by atoms with van der Waals surface area (Å²) in [6.45, 7) is 1.93. The third kappa shape index (κ3) is 3.83. The van der Waals surface area contributed by atoms with E-state index in [9.17, 15) is 0 Å². The van der Waals surface area contributed by atoms with Gasteiger partial charge in [0.15, 0.2) is 6.10 Å². The Kier molecular flexibility index (Phi) is 4.51. The second kappa shape index (κ2) is 7.27. The molecule has 26 heavy (non-hydrogen) atoms. The van der Waals surface area contributed by atoms with E-state index in [0.29, 0.717) is 18.1 Å². The van der Waals surface area contributed by atoms with Crippen molar-refractivity contribution in [3.63, 3.8) is 0 Å². The summed E-state index contributed by atoms with van der Waals surface area (Å²) in [4.78, 5) is 9.72. The van der Waals surface area contributed by atoms with Crippen molar-refractivity contribution in [2.24, 2.45) is 5.16 Å². The Morgan fingerprint density at radius 3 is 2.31 bits per heavy atom. The van der Waals surface area contributed by atoms with Crippen LogP contribution in [0.3, 0.4) is 0 Å². The number of hydrogen-bond donors (Lipinski definition) is 0. The van der Waals surface area contributed by atoms with Crippen LogP contribution in [0.15, 0.2) is 78.1 Å². The van der Waals surface area contributed by atoms with Crippen molar-refractivity contribution in [1.82, 2.24) is 4.98 Å². The highest BCUT2D eigenvalue weighted by atomic mass is 16.7. The van der Waals surface area contributed by atoms with Crippen LogP contribution < -0.4 is 9.47 Å². The molecular weight excluding hydrogens is 328 g/mol. The topological polar surface area (TPSA) is 52.9 Å². The molecule has 1 aliphatic heterocycles. The fourth-order valence-electron chi connectivity index (χ4n) is 2.62. The Labute approximate surface area is 151 Å². The molecule has 5 heteroatoms. The zero-order valence-electron chi connectivity index (χ0n) is 14.3. The van der Waals surface area contributed by atoms with Gasteiger partial charge in [-0.05, 0) is 48.9 Å². The molecule has 0 spiro atoms. The first-order valence-corrected chi connectivity index (χ1v) is 8.42. The average molecular weight is 346 g/mol. The Morgan fingerprint density at radius 1 is 0.846 bits per heavy atom. The van der Waals surface area contributed by atoms with Gasteiger partial charge in [-0.1, -0.05) is 35.5 Å². The number of aryl methyl sites for hydroxylation is 1. The molecule has 4 rings (SSSR count). The highest BCUT2D eigenvalue weighted by Crippen LogP contribution is 2.30. The molecule has 130 valence electrons. The molecule has 2 heterocycles. The second-order valence-corrected chi connectivity index (χ2v) is 6.00. The third-order valence-corrected chi connectivity index (χ3v) is 3.99. The fourth-order valence-corrected chi connectivity index (χ4v) is 2.62. The van der Waals surface area contributed by atoms with E-state index in [-0.39, 0.29) is 6.10 Å². The summed E-state index contributed by atoms with van der Waals surface area (Å²) in [5, 5.41) is 4.04. The number of ether oxygens (including phenoxy) is 2. The van der Waals surface area contributed by atoms with E-state index < -0.39 is 0 Å². The molecule has 0 amide bonds. The van der Waals surface area contributed by atoms with Gasteiger partial charge < -0.3 is 14.3 Å². The molecule has 1 aliphatic rings. The van der Waals surface area contributed by atoms with Crippen molar-refractivity contribution in [2.75, 3.05) is 0 Å². The highest BCUT2D eigenvalue weighted by molar-refractivity contribution is 5.79. The molecule has 0 fully saturated rings. The minimum atomic E-state index is -0.158. The van der Waals surface area contributed by atoms with Gasteiger partial charge in [-0.2, -0.15) is 0 Å². The Bertz CT molecular complexity index is 891. The Morgan fingerprint density at radius 2 is 1.58 bits per heavy atom.